The summed E-state index contributed by atoms with van der Waals surface area (Å²) in [6.45, 7) is 4.52. The first kappa shape index (κ1) is 32.5. The van der Waals surface area contributed by atoms with E-state index < -0.39 is 5.41 Å². The van der Waals surface area contributed by atoms with Crippen molar-refractivity contribution in [2.75, 3.05) is 9.80 Å². The molecule has 0 N–H and O–H groups in total. The van der Waals surface area contributed by atoms with E-state index in [9.17, 15) is 4.79 Å². The maximum absolute atomic E-state index is 14.5. The van der Waals surface area contributed by atoms with Crippen molar-refractivity contribution in [3.63, 3.8) is 0 Å². The molecule has 3 nitrogen and oxygen atoms in total. The number of benzene rings is 8. The van der Waals surface area contributed by atoms with Crippen LogP contribution in [0.3, 0.4) is 0 Å². The van der Waals surface area contributed by atoms with Gasteiger partial charge in [-0.15, -0.1) is 0 Å². The van der Waals surface area contributed by atoms with Gasteiger partial charge >= 0.3 is 0 Å². The first-order chi connectivity index (χ1) is 27.5. The van der Waals surface area contributed by atoms with Crippen molar-refractivity contribution in [2.24, 2.45) is 0 Å². The number of carbonyl (C=O) groups is 1. The SMILES string of the molecule is CC1(C)c2ccccc2C(=O)c2cc3c(cc21)-c1ccccc1C31c2ccccc2N(c2cccc(N(c3ccccc3)c3ccccc3)c2)c2ccccc21. The van der Waals surface area contributed by atoms with Gasteiger partial charge in [0.1, 0.15) is 0 Å². The molecule has 3 heteroatoms. The lowest BCUT2D eigenvalue weighted by atomic mass is 9.63. The molecule has 11 rings (SSSR count). The largest absolute Gasteiger partial charge is 0.310 e. The summed E-state index contributed by atoms with van der Waals surface area (Å²) >= 11 is 0. The number of carbonyl (C=O) groups excluding carboxylic acids is 1. The Kier molecular flexibility index (Phi) is 6.96. The molecule has 0 atom stereocenters. The number of para-hydroxylation sites is 4. The molecule has 0 amide bonds. The normalized spacial score (nSPS) is 14.9. The first-order valence-electron chi connectivity index (χ1n) is 19.4. The standard InChI is InChI=1S/C53H38N2O/c1-52(2)43-26-11-10-25-40(43)51(56)42-34-48-41(33-47(42)52)39-24-9-12-27-44(39)53(48)45-28-13-15-30-49(45)55(50-31-16-14-29-46(50)53)38-23-17-22-37(32-38)54(35-18-5-3-6-19-35)36-20-7-4-8-21-36/h3-34H,1-2H3. The molecule has 1 aliphatic heterocycles. The van der Waals surface area contributed by atoms with E-state index in [4.69, 9.17) is 0 Å². The van der Waals surface area contributed by atoms with E-state index >= 15 is 0 Å². The van der Waals surface area contributed by atoms with Crippen LogP contribution in [-0.2, 0) is 10.8 Å². The number of fused-ring (bicyclic) bond motifs is 11. The number of anilines is 6. The van der Waals surface area contributed by atoms with Crippen LogP contribution in [-0.4, -0.2) is 5.78 Å². The topological polar surface area (TPSA) is 23.6 Å². The van der Waals surface area contributed by atoms with E-state index in [0.717, 1.165) is 61.9 Å². The number of rotatable bonds is 4. The van der Waals surface area contributed by atoms with Crippen molar-refractivity contribution in [3.8, 4) is 11.1 Å². The molecular weight excluding hydrogens is 681 g/mol. The molecule has 0 saturated heterocycles. The van der Waals surface area contributed by atoms with Crippen LogP contribution in [0, 0.1) is 0 Å². The zero-order chi connectivity index (χ0) is 37.6. The van der Waals surface area contributed by atoms with Crippen molar-refractivity contribution in [3.05, 3.63) is 239 Å². The lowest BCUT2D eigenvalue weighted by molar-refractivity contribution is 0.103. The summed E-state index contributed by atoms with van der Waals surface area (Å²) in [7, 11) is 0. The smallest absolute Gasteiger partial charge is 0.193 e. The summed E-state index contributed by atoms with van der Waals surface area (Å²) in [6.07, 6.45) is 0. The molecule has 0 aromatic heterocycles. The molecule has 3 aliphatic rings. The Morgan fingerprint density at radius 1 is 0.393 bits per heavy atom. The summed E-state index contributed by atoms with van der Waals surface area (Å²) < 4.78 is 0. The average molecular weight is 719 g/mol. The third kappa shape index (κ3) is 4.37. The Morgan fingerprint density at radius 2 is 0.893 bits per heavy atom. The van der Waals surface area contributed by atoms with E-state index in [1.165, 1.54) is 27.8 Å². The third-order valence-electron chi connectivity index (χ3n) is 12.4. The van der Waals surface area contributed by atoms with Crippen LogP contribution in [0.1, 0.15) is 63.1 Å². The van der Waals surface area contributed by atoms with Gasteiger partial charge in [0, 0.05) is 39.3 Å². The van der Waals surface area contributed by atoms with Gasteiger partial charge < -0.3 is 9.80 Å². The minimum absolute atomic E-state index is 0.0982. The lowest BCUT2D eigenvalue weighted by Crippen LogP contribution is -2.37. The number of hydrogen-bond acceptors (Lipinski definition) is 3. The number of nitrogens with zero attached hydrogens (tertiary/aromatic N) is 2. The molecule has 8 aromatic carbocycles. The van der Waals surface area contributed by atoms with Crippen LogP contribution in [0.25, 0.3) is 11.1 Å². The highest BCUT2D eigenvalue weighted by Crippen LogP contribution is 2.64. The third-order valence-corrected chi connectivity index (χ3v) is 12.4. The van der Waals surface area contributed by atoms with Gasteiger partial charge in [0.15, 0.2) is 5.78 Å². The molecule has 0 saturated carbocycles. The fourth-order valence-electron chi connectivity index (χ4n) is 10.0. The molecule has 2 aliphatic carbocycles. The van der Waals surface area contributed by atoms with Gasteiger partial charge in [-0.25, -0.2) is 0 Å². The zero-order valence-corrected chi connectivity index (χ0v) is 31.3. The van der Waals surface area contributed by atoms with Gasteiger partial charge in [-0.3, -0.25) is 4.79 Å². The van der Waals surface area contributed by atoms with Crippen LogP contribution in [0.2, 0.25) is 0 Å². The summed E-state index contributed by atoms with van der Waals surface area (Å²) in [5.74, 6) is 0.0982. The maximum Gasteiger partial charge on any atom is 0.193 e. The molecule has 0 bridgehead atoms. The van der Waals surface area contributed by atoms with Gasteiger partial charge in [-0.05, 0) is 111 Å². The highest BCUT2D eigenvalue weighted by Gasteiger charge is 2.53. The molecule has 1 heterocycles. The van der Waals surface area contributed by atoms with Crippen molar-refractivity contribution in [1.29, 1.82) is 0 Å². The highest BCUT2D eigenvalue weighted by atomic mass is 16.1. The van der Waals surface area contributed by atoms with Crippen LogP contribution >= 0.6 is 0 Å². The van der Waals surface area contributed by atoms with Crippen molar-refractivity contribution >= 4 is 39.9 Å². The molecule has 266 valence electrons. The number of ketones is 1. The van der Waals surface area contributed by atoms with Crippen LogP contribution in [0.4, 0.5) is 34.1 Å². The molecule has 56 heavy (non-hydrogen) atoms. The monoisotopic (exact) mass is 718 g/mol. The van der Waals surface area contributed by atoms with Gasteiger partial charge in [0.05, 0.1) is 16.8 Å². The quantitative estimate of drug-likeness (QED) is 0.181. The predicted molar refractivity (Wildman–Crippen MR) is 229 cm³/mol. The van der Waals surface area contributed by atoms with E-state index in [-0.39, 0.29) is 11.2 Å². The Balaban J connectivity index is 1.16. The fourth-order valence-corrected chi connectivity index (χ4v) is 10.0. The molecule has 1 spiro atoms. The van der Waals surface area contributed by atoms with Gasteiger partial charge in [-0.2, -0.15) is 0 Å². The zero-order valence-electron chi connectivity index (χ0n) is 31.3. The van der Waals surface area contributed by atoms with Crippen molar-refractivity contribution in [2.45, 2.75) is 24.7 Å². The Morgan fingerprint density at radius 3 is 1.54 bits per heavy atom. The number of hydrogen-bond donors (Lipinski definition) is 0. The van der Waals surface area contributed by atoms with Crippen LogP contribution in [0.5, 0.6) is 0 Å². The fraction of sp³-hybridized carbons (Fsp3) is 0.0755. The minimum atomic E-state index is -0.649. The maximum atomic E-state index is 14.5. The molecular formula is C53H38N2O. The average Bonchev–Trinajstić information content (AvgIpc) is 3.53. The van der Waals surface area contributed by atoms with E-state index in [1.54, 1.807) is 0 Å². The predicted octanol–water partition coefficient (Wildman–Crippen LogP) is 13.2. The second-order valence-electron chi connectivity index (χ2n) is 15.6. The molecule has 8 aromatic rings. The summed E-state index contributed by atoms with van der Waals surface area (Å²) in [5, 5.41) is 0. The van der Waals surface area contributed by atoms with E-state index in [0.29, 0.717) is 0 Å². The summed E-state index contributed by atoms with van der Waals surface area (Å²) in [4.78, 5) is 19.3. The second-order valence-corrected chi connectivity index (χ2v) is 15.6. The highest BCUT2D eigenvalue weighted by molar-refractivity contribution is 6.14. The van der Waals surface area contributed by atoms with E-state index in [2.05, 4.69) is 206 Å². The Labute approximate surface area is 327 Å². The van der Waals surface area contributed by atoms with Crippen molar-refractivity contribution in [1.82, 2.24) is 0 Å². The van der Waals surface area contributed by atoms with Gasteiger partial charge in [0.2, 0.25) is 0 Å². The summed E-state index contributed by atoms with van der Waals surface area (Å²) in [5.41, 5.74) is 16.6. The second kappa shape index (κ2) is 12.0. The van der Waals surface area contributed by atoms with Crippen molar-refractivity contribution < 1.29 is 4.79 Å². The molecule has 0 radical (unpaired) electrons. The Hall–Kier alpha value is -6.97. The molecule has 0 fully saturated rings. The van der Waals surface area contributed by atoms with Gasteiger partial charge in [-0.1, -0.05) is 141 Å². The van der Waals surface area contributed by atoms with Crippen LogP contribution in [0.15, 0.2) is 194 Å². The van der Waals surface area contributed by atoms with Crippen LogP contribution < -0.4 is 9.80 Å². The summed E-state index contributed by atoms with van der Waals surface area (Å²) in [6, 6.07) is 69.4. The Bertz CT molecular complexity index is 2790. The lowest BCUT2D eigenvalue weighted by Gasteiger charge is -2.45. The van der Waals surface area contributed by atoms with Gasteiger partial charge in [0.25, 0.3) is 0 Å². The first-order valence-corrected chi connectivity index (χ1v) is 19.4. The molecule has 0 unspecified atom stereocenters. The van der Waals surface area contributed by atoms with E-state index in [1.807, 2.05) is 12.1 Å². The minimum Gasteiger partial charge on any atom is -0.310 e.